The van der Waals surface area contributed by atoms with E-state index in [1.54, 1.807) is 13.2 Å². The van der Waals surface area contributed by atoms with E-state index in [1.807, 2.05) is 6.08 Å². The molecule has 2 aliphatic heterocycles. The smallest absolute Gasteiger partial charge is 0.132 e. The Kier molecular flexibility index (Phi) is 3.16. The van der Waals surface area contributed by atoms with Gasteiger partial charge in [-0.1, -0.05) is 0 Å². The molecule has 2 aliphatic rings. The second-order valence-electron chi connectivity index (χ2n) is 4.92. The van der Waals surface area contributed by atoms with E-state index in [4.69, 9.17) is 9.57 Å². The summed E-state index contributed by atoms with van der Waals surface area (Å²) in [4.78, 5) is 5.00. The Hall–Kier alpha value is -1.59. The van der Waals surface area contributed by atoms with Crippen molar-refractivity contribution >= 4 is 5.70 Å². The summed E-state index contributed by atoms with van der Waals surface area (Å²) in [5.41, 5.74) is 3.98. The molecule has 0 aliphatic carbocycles. The predicted molar refractivity (Wildman–Crippen MR) is 70.0 cm³/mol. The van der Waals surface area contributed by atoms with Crippen molar-refractivity contribution in [3.8, 4) is 5.75 Å². The van der Waals surface area contributed by atoms with Crippen molar-refractivity contribution in [3.63, 3.8) is 0 Å². The number of hydroxylamine groups is 1. The minimum absolute atomic E-state index is 0.285. The second-order valence-corrected chi connectivity index (χ2v) is 4.92. The number of fused-ring (bicyclic) bond motifs is 1. The molecule has 1 saturated heterocycles. The Labute approximate surface area is 111 Å². The Morgan fingerprint density at radius 3 is 2.89 bits per heavy atom. The fourth-order valence-electron chi connectivity index (χ4n) is 2.68. The molecule has 0 unspecified atom stereocenters. The summed E-state index contributed by atoms with van der Waals surface area (Å²) < 4.78 is 19.5. The van der Waals surface area contributed by atoms with Crippen molar-refractivity contribution in [3.05, 3.63) is 35.7 Å². The van der Waals surface area contributed by atoms with E-state index in [0.29, 0.717) is 11.3 Å². The minimum atomic E-state index is -0.322. The van der Waals surface area contributed by atoms with E-state index in [0.717, 1.165) is 31.6 Å². The van der Waals surface area contributed by atoms with Crippen molar-refractivity contribution in [1.29, 1.82) is 0 Å². The summed E-state index contributed by atoms with van der Waals surface area (Å²) >= 11 is 0. The molecule has 4 nitrogen and oxygen atoms in total. The quantitative estimate of drug-likeness (QED) is 0.800. The molecule has 0 atom stereocenters. The van der Waals surface area contributed by atoms with Crippen LogP contribution < -0.4 is 15.5 Å². The molecule has 0 radical (unpaired) electrons. The first-order valence-corrected chi connectivity index (χ1v) is 6.44. The van der Waals surface area contributed by atoms with E-state index < -0.39 is 0 Å². The number of benzene rings is 1. The lowest BCUT2D eigenvalue weighted by molar-refractivity contribution is 0.0755. The van der Waals surface area contributed by atoms with Gasteiger partial charge in [-0.3, -0.25) is 10.3 Å². The maximum absolute atomic E-state index is 13.4. The highest BCUT2D eigenvalue weighted by Gasteiger charge is 2.37. The number of hydrogen-bond acceptors (Lipinski definition) is 4. The zero-order chi connectivity index (χ0) is 13.3. The second kappa shape index (κ2) is 4.83. The Balaban J connectivity index is 2.02. The van der Waals surface area contributed by atoms with Crippen LogP contribution in [0, 0.1) is 5.82 Å². The van der Waals surface area contributed by atoms with Crippen LogP contribution in [0.25, 0.3) is 5.70 Å². The van der Waals surface area contributed by atoms with Gasteiger partial charge in [0.25, 0.3) is 0 Å². The monoisotopic (exact) mass is 264 g/mol. The lowest BCUT2D eigenvalue weighted by Crippen LogP contribution is -2.46. The average molecular weight is 264 g/mol. The molecule has 5 heteroatoms. The molecule has 3 rings (SSSR count). The maximum Gasteiger partial charge on any atom is 0.132 e. The van der Waals surface area contributed by atoms with E-state index in [1.165, 1.54) is 12.1 Å². The fraction of sp³-hybridized carbons (Fsp3) is 0.429. The number of nitrogens with one attached hydrogen (secondary N) is 2. The van der Waals surface area contributed by atoms with Gasteiger partial charge in [-0.2, -0.15) is 0 Å². The zero-order valence-corrected chi connectivity index (χ0v) is 10.8. The summed E-state index contributed by atoms with van der Waals surface area (Å²) in [6.45, 7) is 1.82. The van der Waals surface area contributed by atoms with Crippen molar-refractivity contribution in [2.75, 3.05) is 20.2 Å². The summed E-state index contributed by atoms with van der Waals surface area (Å²) in [5, 5.41) is 3.32. The highest BCUT2D eigenvalue weighted by Crippen LogP contribution is 2.39. The molecule has 0 amide bonds. The van der Waals surface area contributed by atoms with Gasteiger partial charge in [0.05, 0.1) is 12.8 Å². The largest absolute Gasteiger partial charge is 0.482 e. The van der Waals surface area contributed by atoms with Crippen molar-refractivity contribution in [1.82, 2.24) is 10.8 Å². The number of rotatable bonds is 2. The van der Waals surface area contributed by atoms with Gasteiger partial charge in [-0.15, -0.1) is 0 Å². The van der Waals surface area contributed by atoms with Crippen molar-refractivity contribution in [2.24, 2.45) is 0 Å². The molecule has 102 valence electrons. The first kappa shape index (κ1) is 12.4. The van der Waals surface area contributed by atoms with Crippen LogP contribution >= 0.6 is 0 Å². The van der Waals surface area contributed by atoms with Gasteiger partial charge in [-0.05, 0) is 37.4 Å². The minimum Gasteiger partial charge on any atom is -0.482 e. The third-order valence-corrected chi connectivity index (χ3v) is 3.61. The first-order chi connectivity index (χ1) is 9.22. The molecule has 19 heavy (non-hydrogen) atoms. The molecule has 1 aromatic rings. The molecular weight excluding hydrogens is 247 g/mol. The summed E-state index contributed by atoms with van der Waals surface area (Å²) in [6, 6.07) is 4.56. The number of halogens is 1. The molecule has 0 aromatic heterocycles. The molecule has 2 N–H and O–H groups in total. The molecule has 0 saturated carbocycles. The van der Waals surface area contributed by atoms with E-state index >= 15 is 0 Å². The Morgan fingerprint density at radius 1 is 1.37 bits per heavy atom. The maximum atomic E-state index is 13.4. The number of hydrogen-bond donors (Lipinski definition) is 2. The van der Waals surface area contributed by atoms with E-state index in [9.17, 15) is 4.39 Å². The van der Waals surface area contributed by atoms with Gasteiger partial charge < -0.3 is 10.1 Å². The Bertz CT molecular complexity index is 510. The number of ether oxygens (including phenoxy) is 1. The third kappa shape index (κ3) is 2.31. The van der Waals surface area contributed by atoms with Crippen LogP contribution in [0.3, 0.4) is 0 Å². The topological polar surface area (TPSA) is 42.5 Å². The SMILES string of the molecule is CONC1=CC2(CCNCC2)Oc2ccc(F)cc21. The van der Waals surface area contributed by atoms with Gasteiger partial charge in [0.2, 0.25) is 0 Å². The van der Waals surface area contributed by atoms with Gasteiger partial charge >= 0.3 is 0 Å². The van der Waals surface area contributed by atoms with E-state index in [2.05, 4.69) is 10.8 Å². The Morgan fingerprint density at radius 2 is 2.16 bits per heavy atom. The average Bonchev–Trinajstić information content (AvgIpc) is 2.41. The van der Waals surface area contributed by atoms with Gasteiger partial charge in [0.15, 0.2) is 0 Å². The van der Waals surface area contributed by atoms with Crippen molar-refractivity contribution < 1.29 is 14.0 Å². The summed E-state index contributed by atoms with van der Waals surface area (Å²) in [6.07, 6.45) is 3.79. The van der Waals surface area contributed by atoms with Crippen LogP contribution in [-0.2, 0) is 4.84 Å². The lowest BCUT2D eigenvalue weighted by atomic mass is 9.87. The van der Waals surface area contributed by atoms with Gasteiger partial charge in [-0.25, -0.2) is 4.39 Å². The zero-order valence-electron chi connectivity index (χ0n) is 10.8. The van der Waals surface area contributed by atoms with E-state index in [-0.39, 0.29) is 11.4 Å². The highest BCUT2D eigenvalue weighted by molar-refractivity contribution is 5.71. The van der Waals surface area contributed by atoms with Crippen molar-refractivity contribution in [2.45, 2.75) is 18.4 Å². The lowest BCUT2D eigenvalue weighted by Gasteiger charge is -2.39. The van der Waals surface area contributed by atoms with Crippen LogP contribution in [0.1, 0.15) is 18.4 Å². The predicted octanol–water partition coefficient (Wildman–Crippen LogP) is 1.83. The normalized spacial score (nSPS) is 20.4. The number of piperidine rings is 1. The standard InChI is InChI=1S/C14H17FN2O2/c1-18-17-12-9-14(4-6-16-7-5-14)19-13-3-2-10(15)8-11(12)13/h2-3,8-9,16-17H,4-7H2,1H3. The fourth-order valence-corrected chi connectivity index (χ4v) is 2.68. The van der Waals surface area contributed by atoms with Gasteiger partial charge in [0.1, 0.15) is 17.2 Å². The first-order valence-electron chi connectivity index (χ1n) is 6.44. The van der Waals surface area contributed by atoms with Gasteiger partial charge in [0, 0.05) is 18.4 Å². The molecule has 2 heterocycles. The third-order valence-electron chi connectivity index (χ3n) is 3.61. The summed E-state index contributed by atoms with van der Waals surface area (Å²) in [7, 11) is 1.55. The van der Waals surface area contributed by atoms with Crippen LogP contribution in [0.5, 0.6) is 5.75 Å². The molecule has 0 bridgehead atoms. The molecule has 1 fully saturated rings. The summed E-state index contributed by atoms with van der Waals surface area (Å²) in [5.74, 6) is 0.415. The van der Waals surface area contributed by atoms with Crippen LogP contribution in [0.4, 0.5) is 4.39 Å². The highest BCUT2D eigenvalue weighted by atomic mass is 19.1. The van der Waals surface area contributed by atoms with Crippen LogP contribution in [-0.4, -0.2) is 25.8 Å². The van der Waals surface area contributed by atoms with Crippen LogP contribution in [0.15, 0.2) is 24.3 Å². The van der Waals surface area contributed by atoms with Crippen LogP contribution in [0.2, 0.25) is 0 Å². The molecule has 1 spiro atoms. The molecular formula is C14H17FN2O2. The molecule has 1 aromatic carbocycles.